The second-order valence-electron chi connectivity index (χ2n) is 7.56. The Bertz CT molecular complexity index is 295. The predicted octanol–water partition coefficient (Wildman–Crippen LogP) is 2.67. The van der Waals surface area contributed by atoms with Crippen LogP contribution in [0, 0.1) is 17.8 Å². The maximum Gasteiger partial charge on any atom is 0.0474 e. The number of nitrogens with two attached hydrogens (primary N) is 1. The van der Waals surface area contributed by atoms with E-state index in [1.807, 2.05) is 0 Å². The largest absolute Gasteiger partial charge is 0.396 e. The van der Waals surface area contributed by atoms with Crippen molar-refractivity contribution in [3.63, 3.8) is 0 Å². The monoisotopic (exact) mass is 282 g/mol. The molecule has 0 aliphatic heterocycles. The maximum absolute atomic E-state index is 9.62. The third-order valence-corrected chi connectivity index (χ3v) is 5.85. The van der Waals surface area contributed by atoms with Gasteiger partial charge in [-0.05, 0) is 43.4 Å². The third kappa shape index (κ3) is 3.75. The summed E-state index contributed by atoms with van der Waals surface area (Å²) in [5.41, 5.74) is 6.31. The van der Waals surface area contributed by atoms with Crippen LogP contribution in [0.5, 0.6) is 0 Å². The molecule has 118 valence electrons. The SMILES string of the molecule is CC(C)C1CCCC(CN)(NC2CCCCC2CO)C1. The van der Waals surface area contributed by atoms with E-state index < -0.39 is 0 Å². The molecule has 0 amide bonds. The van der Waals surface area contributed by atoms with E-state index in [1.165, 1.54) is 51.4 Å². The number of aliphatic hydroxyl groups is 1. The minimum absolute atomic E-state index is 0.128. The van der Waals surface area contributed by atoms with Crippen molar-refractivity contribution in [3.05, 3.63) is 0 Å². The van der Waals surface area contributed by atoms with Gasteiger partial charge in [-0.25, -0.2) is 0 Å². The number of rotatable bonds is 5. The highest BCUT2D eigenvalue weighted by molar-refractivity contribution is 4.98. The molecular weight excluding hydrogens is 248 g/mol. The van der Waals surface area contributed by atoms with Crippen molar-refractivity contribution >= 4 is 0 Å². The van der Waals surface area contributed by atoms with Gasteiger partial charge in [-0.15, -0.1) is 0 Å². The summed E-state index contributed by atoms with van der Waals surface area (Å²) in [4.78, 5) is 0. The van der Waals surface area contributed by atoms with E-state index in [9.17, 15) is 5.11 Å². The zero-order valence-electron chi connectivity index (χ0n) is 13.4. The molecule has 2 saturated carbocycles. The summed E-state index contributed by atoms with van der Waals surface area (Å²) in [6.07, 6.45) is 10.0. The van der Waals surface area contributed by atoms with Crippen molar-refractivity contribution in [2.45, 2.75) is 76.8 Å². The molecule has 0 aromatic heterocycles. The highest BCUT2D eigenvalue weighted by atomic mass is 16.3. The zero-order chi connectivity index (χ0) is 14.6. The Balaban J connectivity index is 2.02. The summed E-state index contributed by atoms with van der Waals surface area (Å²) in [5, 5.41) is 13.5. The van der Waals surface area contributed by atoms with Gasteiger partial charge in [-0.3, -0.25) is 0 Å². The fourth-order valence-corrected chi connectivity index (χ4v) is 4.36. The lowest BCUT2D eigenvalue weighted by Crippen LogP contribution is -2.60. The Morgan fingerprint density at radius 3 is 2.60 bits per heavy atom. The Labute approximate surface area is 124 Å². The molecule has 0 saturated heterocycles. The summed E-state index contributed by atoms with van der Waals surface area (Å²) < 4.78 is 0. The summed E-state index contributed by atoms with van der Waals surface area (Å²) in [6, 6.07) is 0.475. The number of aliphatic hydroxyl groups excluding tert-OH is 1. The highest BCUT2D eigenvalue weighted by Gasteiger charge is 2.39. The topological polar surface area (TPSA) is 58.3 Å². The maximum atomic E-state index is 9.62. The molecule has 0 spiro atoms. The second kappa shape index (κ2) is 7.24. The van der Waals surface area contributed by atoms with E-state index in [4.69, 9.17) is 5.73 Å². The predicted molar refractivity (Wildman–Crippen MR) is 84.5 cm³/mol. The molecule has 0 bridgehead atoms. The number of hydrogen-bond acceptors (Lipinski definition) is 3. The summed E-state index contributed by atoms with van der Waals surface area (Å²) in [7, 11) is 0. The van der Waals surface area contributed by atoms with Crippen molar-refractivity contribution in [1.82, 2.24) is 5.32 Å². The van der Waals surface area contributed by atoms with Gasteiger partial charge in [0.1, 0.15) is 0 Å². The zero-order valence-corrected chi connectivity index (χ0v) is 13.4. The van der Waals surface area contributed by atoms with Crippen LogP contribution in [-0.2, 0) is 0 Å². The summed E-state index contributed by atoms with van der Waals surface area (Å²) in [6.45, 7) is 5.75. The van der Waals surface area contributed by atoms with Gasteiger partial charge in [0.25, 0.3) is 0 Å². The molecule has 2 aliphatic carbocycles. The first-order chi connectivity index (χ1) is 9.60. The van der Waals surface area contributed by atoms with E-state index in [0.717, 1.165) is 18.4 Å². The first-order valence-electron chi connectivity index (χ1n) is 8.69. The van der Waals surface area contributed by atoms with Gasteiger partial charge in [0.2, 0.25) is 0 Å². The molecule has 2 aliphatic rings. The van der Waals surface area contributed by atoms with Crippen LogP contribution < -0.4 is 11.1 Å². The van der Waals surface area contributed by atoms with Crippen molar-refractivity contribution in [3.8, 4) is 0 Å². The standard InChI is InChI=1S/C17H34N2O/c1-13(2)14-7-5-9-17(10-14,12-18)19-16-8-4-3-6-15(16)11-20/h13-16,19-20H,3-12,18H2,1-2H3. The van der Waals surface area contributed by atoms with Crippen LogP contribution in [-0.4, -0.2) is 29.8 Å². The van der Waals surface area contributed by atoms with Crippen LogP contribution in [0.25, 0.3) is 0 Å². The van der Waals surface area contributed by atoms with Gasteiger partial charge in [0.05, 0.1) is 0 Å². The fraction of sp³-hybridized carbons (Fsp3) is 1.00. The van der Waals surface area contributed by atoms with Crippen LogP contribution in [0.1, 0.15) is 65.2 Å². The Morgan fingerprint density at radius 1 is 1.20 bits per heavy atom. The lowest BCUT2D eigenvalue weighted by molar-refractivity contribution is 0.0904. The molecule has 0 aromatic carbocycles. The molecule has 0 aromatic rings. The third-order valence-electron chi connectivity index (χ3n) is 5.85. The van der Waals surface area contributed by atoms with Crippen LogP contribution >= 0.6 is 0 Å². The molecule has 20 heavy (non-hydrogen) atoms. The highest BCUT2D eigenvalue weighted by Crippen LogP contribution is 2.37. The molecule has 4 unspecified atom stereocenters. The van der Waals surface area contributed by atoms with E-state index in [-0.39, 0.29) is 5.54 Å². The molecule has 2 rings (SSSR count). The smallest absolute Gasteiger partial charge is 0.0474 e. The lowest BCUT2D eigenvalue weighted by Gasteiger charge is -2.46. The Morgan fingerprint density at radius 2 is 1.95 bits per heavy atom. The normalized spacial score (nSPS) is 39.1. The molecule has 2 fully saturated rings. The fourth-order valence-electron chi connectivity index (χ4n) is 4.36. The molecule has 3 nitrogen and oxygen atoms in total. The van der Waals surface area contributed by atoms with Crippen molar-refractivity contribution < 1.29 is 5.11 Å². The first-order valence-corrected chi connectivity index (χ1v) is 8.69. The van der Waals surface area contributed by atoms with Gasteiger partial charge in [0, 0.05) is 24.7 Å². The first kappa shape index (κ1) is 16.3. The van der Waals surface area contributed by atoms with E-state index in [1.54, 1.807) is 0 Å². The molecule has 4 N–H and O–H groups in total. The number of nitrogens with one attached hydrogen (secondary N) is 1. The van der Waals surface area contributed by atoms with Gasteiger partial charge >= 0.3 is 0 Å². The van der Waals surface area contributed by atoms with Gasteiger partial charge in [-0.2, -0.15) is 0 Å². The minimum atomic E-state index is 0.128. The van der Waals surface area contributed by atoms with E-state index in [0.29, 0.717) is 18.6 Å². The van der Waals surface area contributed by atoms with Crippen molar-refractivity contribution in [2.75, 3.05) is 13.2 Å². The second-order valence-corrected chi connectivity index (χ2v) is 7.56. The van der Waals surface area contributed by atoms with Crippen molar-refractivity contribution in [1.29, 1.82) is 0 Å². The van der Waals surface area contributed by atoms with Crippen LogP contribution in [0.15, 0.2) is 0 Å². The van der Waals surface area contributed by atoms with Gasteiger partial charge < -0.3 is 16.2 Å². The van der Waals surface area contributed by atoms with E-state index >= 15 is 0 Å². The molecule has 0 heterocycles. The average Bonchev–Trinajstić information content (AvgIpc) is 2.48. The molecule has 4 atom stereocenters. The minimum Gasteiger partial charge on any atom is -0.396 e. The Hall–Kier alpha value is -0.120. The van der Waals surface area contributed by atoms with E-state index in [2.05, 4.69) is 19.2 Å². The summed E-state index contributed by atoms with van der Waals surface area (Å²) >= 11 is 0. The van der Waals surface area contributed by atoms with Crippen LogP contribution in [0.2, 0.25) is 0 Å². The van der Waals surface area contributed by atoms with Gasteiger partial charge in [0.15, 0.2) is 0 Å². The molecule has 0 radical (unpaired) electrons. The van der Waals surface area contributed by atoms with Gasteiger partial charge in [-0.1, -0.05) is 39.5 Å². The van der Waals surface area contributed by atoms with Crippen LogP contribution in [0.3, 0.4) is 0 Å². The molecule has 3 heteroatoms. The lowest BCUT2D eigenvalue weighted by atomic mass is 9.70. The Kier molecular flexibility index (Phi) is 5.88. The summed E-state index contributed by atoms with van der Waals surface area (Å²) in [5.74, 6) is 1.99. The number of hydrogen-bond donors (Lipinski definition) is 3. The van der Waals surface area contributed by atoms with Crippen molar-refractivity contribution in [2.24, 2.45) is 23.5 Å². The molecular formula is C17H34N2O. The van der Waals surface area contributed by atoms with Crippen LogP contribution in [0.4, 0.5) is 0 Å². The average molecular weight is 282 g/mol. The quantitative estimate of drug-likeness (QED) is 0.726.